The standard InChI is InChI=1S/C19H20ClNO4/c1-11-7-12-8-14(20)5-6-15(12)21(11)19(22)13-9-16(23-2)18(25-4)17(10-13)24-3/h5-6,8-11H,7H2,1-4H3. The molecule has 0 saturated heterocycles. The monoisotopic (exact) mass is 361 g/mol. The minimum atomic E-state index is -0.118. The third-order valence-corrected chi connectivity index (χ3v) is 4.62. The van der Waals surface area contributed by atoms with Crippen molar-refractivity contribution in [2.24, 2.45) is 0 Å². The van der Waals surface area contributed by atoms with E-state index in [1.54, 1.807) is 23.1 Å². The lowest BCUT2D eigenvalue weighted by Gasteiger charge is -2.23. The van der Waals surface area contributed by atoms with E-state index in [2.05, 4.69) is 0 Å². The van der Waals surface area contributed by atoms with Crippen LogP contribution in [0.25, 0.3) is 0 Å². The van der Waals surface area contributed by atoms with Gasteiger partial charge in [-0.3, -0.25) is 4.79 Å². The van der Waals surface area contributed by atoms with E-state index in [1.165, 1.54) is 21.3 Å². The van der Waals surface area contributed by atoms with Crippen molar-refractivity contribution in [1.29, 1.82) is 0 Å². The second kappa shape index (κ2) is 6.84. The number of hydrogen-bond donors (Lipinski definition) is 0. The lowest BCUT2D eigenvalue weighted by molar-refractivity contribution is 0.0980. The molecule has 6 heteroatoms. The molecule has 0 spiro atoms. The molecule has 5 nitrogen and oxygen atoms in total. The number of halogens is 1. The van der Waals surface area contributed by atoms with Gasteiger partial charge in [0.25, 0.3) is 5.91 Å². The van der Waals surface area contributed by atoms with E-state index in [1.807, 2.05) is 19.1 Å². The lowest BCUT2D eigenvalue weighted by Crippen LogP contribution is -2.35. The minimum Gasteiger partial charge on any atom is -0.493 e. The normalized spacial score (nSPS) is 15.7. The minimum absolute atomic E-state index is 0.0417. The summed E-state index contributed by atoms with van der Waals surface area (Å²) in [5, 5.41) is 0.674. The summed E-state index contributed by atoms with van der Waals surface area (Å²) in [7, 11) is 4.59. The van der Waals surface area contributed by atoms with E-state index in [0.29, 0.717) is 27.8 Å². The molecule has 3 rings (SSSR count). The van der Waals surface area contributed by atoms with Crippen LogP contribution in [0, 0.1) is 0 Å². The van der Waals surface area contributed by atoms with E-state index in [-0.39, 0.29) is 11.9 Å². The summed E-state index contributed by atoms with van der Waals surface area (Å²) in [6.07, 6.45) is 0.770. The fourth-order valence-corrected chi connectivity index (χ4v) is 3.45. The Morgan fingerprint density at radius 3 is 2.28 bits per heavy atom. The van der Waals surface area contributed by atoms with Crippen LogP contribution in [0.5, 0.6) is 17.2 Å². The molecule has 1 atom stereocenters. The number of carbonyl (C=O) groups excluding carboxylic acids is 1. The quantitative estimate of drug-likeness (QED) is 0.827. The van der Waals surface area contributed by atoms with Crippen molar-refractivity contribution in [3.63, 3.8) is 0 Å². The maximum Gasteiger partial charge on any atom is 0.258 e. The number of methoxy groups -OCH3 is 3. The number of nitrogens with zero attached hydrogens (tertiary/aromatic N) is 1. The number of rotatable bonds is 4. The first-order valence-corrected chi connectivity index (χ1v) is 8.30. The van der Waals surface area contributed by atoms with Crippen LogP contribution in [0.4, 0.5) is 5.69 Å². The van der Waals surface area contributed by atoms with Crippen LogP contribution in [0.2, 0.25) is 5.02 Å². The second-order valence-electron chi connectivity index (χ2n) is 5.92. The zero-order valence-electron chi connectivity index (χ0n) is 14.6. The zero-order valence-corrected chi connectivity index (χ0v) is 15.4. The van der Waals surface area contributed by atoms with Crippen LogP contribution < -0.4 is 19.1 Å². The number of benzene rings is 2. The van der Waals surface area contributed by atoms with E-state index in [0.717, 1.165) is 17.7 Å². The Hall–Kier alpha value is -2.40. The second-order valence-corrected chi connectivity index (χ2v) is 6.35. The van der Waals surface area contributed by atoms with Gasteiger partial charge in [-0.25, -0.2) is 0 Å². The highest BCUT2D eigenvalue weighted by Crippen LogP contribution is 2.40. The Morgan fingerprint density at radius 1 is 1.08 bits per heavy atom. The summed E-state index contributed by atoms with van der Waals surface area (Å²) in [5.41, 5.74) is 2.43. The summed E-state index contributed by atoms with van der Waals surface area (Å²) in [6.45, 7) is 2.02. The molecule has 2 aromatic carbocycles. The van der Waals surface area contributed by atoms with Crippen molar-refractivity contribution >= 4 is 23.2 Å². The Kier molecular flexibility index (Phi) is 4.77. The molecule has 1 aliphatic heterocycles. The molecule has 0 aliphatic carbocycles. The summed E-state index contributed by atoms with van der Waals surface area (Å²) < 4.78 is 16.0. The van der Waals surface area contributed by atoms with Gasteiger partial charge in [-0.05, 0) is 49.2 Å². The highest BCUT2D eigenvalue weighted by molar-refractivity contribution is 6.30. The van der Waals surface area contributed by atoms with Crippen LogP contribution in [0.1, 0.15) is 22.8 Å². The molecule has 1 unspecified atom stereocenters. The fraction of sp³-hybridized carbons (Fsp3) is 0.316. The Balaban J connectivity index is 2.05. The Bertz CT molecular complexity index is 796. The molecule has 0 N–H and O–H groups in total. The molecule has 0 aromatic heterocycles. The predicted octanol–water partition coefficient (Wildman–Crippen LogP) is 3.96. The van der Waals surface area contributed by atoms with Gasteiger partial charge in [0.05, 0.1) is 21.3 Å². The number of anilines is 1. The van der Waals surface area contributed by atoms with Crippen molar-refractivity contribution in [3.05, 3.63) is 46.5 Å². The molecule has 132 valence electrons. The highest BCUT2D eigenvalue weighted by Gasteiger charge is 2.32. The summed E-state index contributed by atoms with van der Waals surface area (Å²) in [6, 6.07) is 8.98. The van der Waals surface area contributed by atoms with Gasteiger partial charge in [0.15, 0.2) is 11.5 Å². The van der Waals surface area contributed by atoms with Crippen LogP contribution in [0.15, 0.2) is 30.3 Å². The van der Waals surface area contributed by atoms with Gasteiger partial charge in [0.1, 0.15) is 0 Å². The molecule has 2 aromatic rings. The predicted molar refractivity (Wildman–Crippen MR) is 97.5 cm³/mol. The SMILES string of the molecule is COc1cc(C(=O)N2c3ccc(Cl)cc3CC2C)cc(OC)c1OC. The number of ether oxygens (including phenoxy) is 3. The number of fused-ring (bicyclic) bond motifs is 1. The molecule has 0 bridgehead atoms. The number of hydrogen-bond acceptors (Lipinski definition) is 4. The molecule has 0 fully saturated rings. The first-order valence-electron chi connectivity index (χ1n) is 7.92. The molecule has 1 heterocycles. The highest BCUT2D eigenvalue weighted by atomic mass is 35.5. The van der Waals surface area contributed by atoms with Gasteiger partial charge < -0.3 is 19.1 Å². The molecule has 0 saturated carbocycles. The van der Waals surface area contributed by atoms with E-state index in [4.69, 9.17) is 25.8 Å². The van der Waals surface area contributed by atoms with Crippen LogP contribution in [-0.4, -0.2) is 33.3 Å². The van der Waals surface area contributed by atoms with Crippen molar-refractivity contribution in [1.82, 2.24) is 0 Å². The van der Waals surface area contributed by atoms with Crippen LogP contribution in [-0.2, 0) is 6.42 Å². The largest absolute Gasteiger partial charge is 0.493 e. The van der Waals surface area contributed by atoms with Crippen molar-refractivity contribution in [3.8, 4) is 17.2 Å². The summed E-state index contributed by atoms with van der Waals surface area (Å²) in [5.74, 6) is 1.25. The van der Waals surface area contributed by atoms with Gasteiger partial charge in [0, 0.05) is 22.3 Å². The Morgan fingerprint density at radius 2 is 1.72 bits per heavy atom. The smallest absolute Gasteiger partial charge is 0.258 e. The van der Waals surface area contributed by atoms with Crippen molar-refractivity contribution in [2.75, 3.05) is 26.2 Å². The molecular formula is C19H20ClNO4. The third-order valence-electron chi connectivity index (χ3n) is 4.39. The lowest BCUT2D eigenvalue weighted by atomic mass is 10.1. The molecule has 25 heavy (non-hydrogen) atoms. The van der Waals surface area contributed by atoms with Gasteiger partial charge in [0.2, 0.25) is 5.75 Å². The number of amides is 1. The van der Waals surface area contributed by atoms with E-state index < -0.39 is 0 Å². The summed E-state index contributed by atoms with van der Waals surface area (Å²) >= 11 is 6.08. The Labute approximate surface area is 152 Å². The first-order chi connectivity index (χ1) is 12.0. The van der Waals surface area contributed by atoms with Crippen LogP contribution in [0.3, 0.4) is 0 Å². The maximum absolute atomic E-state index is 13.2. The van der Waals surface area contributed by atoms with Gasteiger partial charge >= 0.3 is 0 Å². The number of carbonyl (C=O) groups is 1. The zero-order chi connectivity index (χ0) is 18.1. The van der Waals surface area contributed by atoms with Crippen molar-refractivity contribution in [2.45, 2.75) is 19.4 Å². The molecule has 1 aliphatic rings. The first kappa shape index (κ1) is 17.4. The molecule has 1 amide bonds. The molecule has 0 radical (unpaired) electrons. The maximum atomic E-state index is 13.2. The van der Waals surface area contributed by atoms with E-state index >= 15 is 0 Å². The van der Waals surface area contributed by atoms with Gasteiger partial charge in [-0.1, -0.05) is 11.6 Å². The third kappa shape index (κ3) is 3.00. The van der Waals surface area contributed by atoms with E-state index in [9.17, 15) is 4.79 Å². The van der Waals surface area contributed by atoms with Crippen LogP contribution >= 0.6 is 11.6 Å². The topological polar surface area (TPSA) is 48.0 Å². The molecular weight excluding hydrogens is 342 g/mol. The summed E-state index contributed by atoms with van der Waals surface area (Å²) in [4.78, 5) is 15.0. The van der Waals surface area contributed by atoms with Crippen molar-refractivity contribution < 1.29 is 19.0 Å². The average molecular weight is 362 g/mol. The van der Waals surface area contributed by atoms with Gasteiger partial charge in [-0.2, -0.15) is 0 Å². The average Bonchev–Trinajstić information content (AvgIpc) is 2.94. The fourth-order valence-electron chi connectivity index (χ4n) is 3.25. The van der Waals surface area contributed by atoms with Gasteiger partial charge in [-0.15, -0.1) is 0 Å².